The molecule has 0 amide bonds. The smallest absolute Gasteiger partial charge is 0.156 e. The molecule has 19 heavy (non-hydrogen) atoms. The molecule has 0 radical (unpaired) electrons. The molecule has 1 rings (SSSR count). The van der Waals surface area contributed by atoms with E-state index in [0.29, 0.717) is 6.54 Å². The van der Waals surface area contributed by atoms with Crippen molar-refractivity contribution in [1.82, 2.24) is 0 Å². The Balaban J connectivity index is 2.62. The van der Waals surface area contributed by atoms with Crippen LogP contribution in [-0.4, -0.2) is 39.6 Å². The average molecular weight is 284 g/mol. The Labute approximate surface area is 116 Å². The summed E-state index contributed by atoms with van der Waals surface area (Å²) in [6.07, 6.45) is 0. The summed E-state index contributed by atoms with van der Waals surface area (Å²) in [6.45, 7) is 5.62. The summed E-state index contributed by atoms with van der Waals surface area (Å²) in [6, 6.07) is 7.91. The Morgan fingerprint density at radius 2 is 1.84 bits per heavy atom. The first kappa shape index (κ1) is 15.8. The van der Waals surface area contributed by atoms with E-state index in [1.54, 1.807) is 20.8 Å². The standard InChI is InChI=1S/C14H24N2O2S/c1-14(2,3)19(17,18)10-9-15-12-7-6-8-13(11-12)16(4)5/h6-8,11,15H,9-10H2,1-5H3. The van der Waals surface area contributed by atoms with Crippen LogP contribution in [0.5, 0.6) is 0 Å². The number of anilines is 2. The Bertz CT molecular complexity index is 516. The van der Waals surface area contributed by atoms with E-state index in [2.05, 4.69) is 5.32 Å². The number of sulfone groups is 1. The van der Waals surface area contributed by atoms with E-state index in [0.717, 1.165) is 11.4 Å². The van der Waals surface area contributed by atoms with Gasteiger partial charge < -0.3 is 10.2 Å². The van der Waals surface area contributed by atoms with Crippen molar-refractivity contribution >= 4 is 21.2 Å². The number of rotatable bonds is 5. The van der Waals surface area contributed by atoms with Crippen LogP contribution in [0.15, 0.2) is 24.3 Å². The van der Waals surface area contributed by atoms with Crippen molar-refractivity contribution in [2.24, 2.45) is 0 Å². The molecule has 0 heterocycles. The van der Waals surface area contributed by atoms with E-state index in [-0.39, 0.29) is 5.75 Å². The molecule has 0 bridgehead atoms. The highest BCUT2D eigenvalue weighted by molar-refractivity contribution is 7.92. The lowest BCUT2D eigenvalue weighted by Gasteiger charge is -2.19. The molecule has 4 nitrogen and oxygen atoms in total. The highest BCUT2D eigenvalue weighted by Crippen LogP contribution is 2.18. The normalized spacial score (nSPS) is 12.3. The van der Waals surface area contributed by atoms with E-state index in [1.807, 2.05) is 43.3 Å². The minimum Gasteiger partial charge on any atom is -0.384 e. The second-order valence-corrected chi connectivity index (χ2v) is 8.67. The van der Waals surface area contributed by atoms with Crippen LogP contribution in [0.2, 0.25) is 0 Å². The van der Waals surface area contributed by atoms with Gasteiger partial charge in [0.1, 0.15) is 0 Å². The zero-order valence-corrected chi connectivity index (χ0v) is 13.2. The maximum absolute atomic E-state index is 12.0. The van der Waals surface area contributed by atoms with Gasteiger partial charge in [-0.05, 0) is 39.0 Å². The Kier molecular flexibility index (Phi) is 4.85. The highest BCUT2D eigenvalue weighted by Gasteiger charge is 2.28. The fraction of sp³-hybridized carbons (Fsp3) is 0.571. The topological polar surface area (TPSA) is 49.4 Å². The van der Waals surface area contributed by atoms with E-state index < -0.39 is 14.6 Å². The largest absolute Gasteiger partial charge is 0.384 e. The summed E-state index contributed by atoms with van der Waals surface area (Å²) < 4.78 is 23.2. The molecule has 0 fully saturated rings. The summed E-state index contributed by atoms with van der Waals surface area (Å²) in [5, 5.41) is 3.16. The van der Waals surface area contributed by atoms with Crippen molar-refractivity contribution in [3.63, 3.8) is 0 Å². The summed E-state index contributed by atoms with van der Waals surface area (Å²) in [4.78, 5) is 2.01. The van der Waals surface area contributed by atoms with Gasteiger partial charge in [0.05, 0.1) is 10.5 Å². The SMILES string of the molecule is CN(C)c1cccc(NCCS(=O)(=O)C(C)(C)C)c1. The van der Waals surface area contributed by atoms with Crippen LogP contribution in [0.25, 0.3) is 0 Å². The van der Waals surface area contributed by atoms with Gasteiger partial charge >= 0.3 is 0 Å². The summed E-state index contributed by atoms with van der Waals surface area (Å²) in [5.41, 5.74) is 2.03. The quantitative estimate of drug-likeness (QED) is 0.902. The molecular weight excluding hydrogens is 260 g/mol. The second kappa shape index (κ2) is 5.82. The molecule has 1 aromatic carbocycles. The lowest BCUT2D eigenvalue weighted by atomic mass is 10.2. The number of benzene rings is 1. The zero-order valence-electron chi connectivity index (χ0n) is 12.4. The van der Waals surface area contributed by atoms with Crippen molar-refractivity contribution in [1.29, 1.82) is 0 Å². The molecular formula is C14H24N2O2S. The van der Waals surface area contributed by atoms with Crippen molar-refractivity contribution in [3.8, 4) is 0 Å². The van der Waals surface area contributed by atoms with Gasteiger partial charge in [0, 0.05) is 32.0 Å². The third-order valence-corrected chi connectivity index (χ3v) is 5.60. The maximum atomic E-state index is 12.0. The summed E-state index contributed by atoms with van der Waals surface area (Å²) in [7, 11) is 0.883. The van der Waals surface area contributed by atoms with Gasteiger partial charge in [0.15, 0.2) is 9.84 Å². The predicted molar refractivity (Wildman–Crippen MR) is 82.8 cm³/mol. The molecule has 0 unspecified atom stereocenters. The summed E-state index contributed by atoms with van der Waals surface area (Å²) >= 11 is 0. The molecule has 0 aromatic heterocycles. The van der Waals surface area contributed by atoms with E-state index in [9.17, 15) is 8.42 Å². The molecule has 1 aromatic rings. The molecule has 1 N–H and O–H groups in total. The lowest BCUT2D eigenvalue weighted by molar-refractivity contribution is 0.560. The van der Waals surface area contributed by atoms with Crippen molar-refractivity contribution in [2.75, 3.05) is 36.6 Å². The van der Waals surface area contributed by atoms with Gasteiger partial charge in [0.2, 0.25) is 0 Å². The maximum Gasteiger partial charge on any atom is 0.156 e. The third-order valence-electron chi connectivity index (χ3n) is 3.00. The first-order valence-electron chi connectivity index (χ1n) is 6.37. The average Bonchev–Trinajstić information content (AvgIpc) is 2.27. The Morgan fingerprint density at radius 3 is 2.37 bits per heavy atom. The lowest BCUT2D eigenvalue weighted by Crippen LogP contribution is -2.32. The molecule has 5 heteroatoms. The van der Waals surface area contributed by atoms with Gasteiger partial charge in [-0.1, -0.05) is 6.07 Å². The van der Waals surface area contributed by atoms with E-state index in [1.165, 1.54) is 0 Å². The number of nitrogens with one attached hydrogen (secondary N) is 1. The first-order valence-corrected chi connectivity index (χ1v) is 8.02. The molecule has 0 aliphatic carbocycles. The van der Waals surface area contributed by atoms with Gasteiger partial charge in [0.25, 0.3) is 0 Å². The zero-order chi connectivity index (χ0) is 14.7. The molecule has 0 aliphatic rings. The fourth-order valence-electron chi connectivity index (χ4n) is 1.53. The van der Waals surface area contributed by atoms with Crippen LogP contribution >= 0.6 is 0 Å². The van der Waals surface area contributed by atoms with E-state index in [4.69, 9.17) is 0 Å². The van der Waals surface area contributed by atoms with Crippen LogP contribution in [0.1, 0.15) is 20.8 Å². The van der Waals surface area contributed by atoms with Gasteiger partial charge in [-0.3, -0.25) is 0 Å². The minimum atomic E-state index is -3.07. The van der Waals surface area contributed by atoms with Gasteiger partial charge in [-0.2, -0.15) is 0 Å². The number of nitrogens with zero attached hydrogens (tertiary/aromatic N) is 1. The van der Waals surface area contributed by atoms with Crippen LogP contribution < -0.4 is 10.2 Å². The molecule has 0 aliphatic heterocycles. The Hall–Kier alpha value is -1.23. The van der Waals surface area contributed by atoms with E-state index >= 15 is 0 Å². The minimum absolute atomic E-state index is 0.142. The van der Waals surface area contributed by atoms with Crippen molar-refractivity contribution < 1.29 is 8.42 Å². The van der Waals surface area contributed by atoms with Gasteiger partial charge in [-0.15, -0.1) is 0 Å². The number of hydrogen-bond donors (Lipinski definition) is 1. The predicted octanol–water partition coefficient (Wildman–Crippen LogP) is 2.38. The van der Waals surface area contributed by atoms with Crippen molar-refractivity contribution in [3.05, 3.63) is 24.3 Å². The first-order chi connectivity index (χ1) is 8.63. The highest BCUT2D eigenvalue weighted by atomic mass is 32.2. The monoisotopic (exact) mass is 284 g/mol. The molecule has 108 valence electrons. The van der Waals surface area contributed by atoms with Crippen LogP contribution in [0, 0.1) is 0 Å². The molecule has 0 atom stereocenters. The second-order valence-electron chi connectivity index (χ2n) is 5.80. The fourth-order valence-corrected chi connectivity index (χ4v) is 2.51. The van der Waals surface area contributed by atoms with Crippen molar-refractivity contribution in [2.45, 2.75) is 25.5 Å². The van der Waals surface area contributed by atoms with Gasteiger partial charge in [-0.25, -0.2) is 8.42 Å². The van der Waals surface area contributed by atoms with Crippen LogP contribution in [0.3, 0.4) is 0 Å². The third kappa shape index (κ3) is 4.42. The molecule has 0 spiro atoms. The van der Waals surface area contributed by atoms with Crippen LogP contribution in [-0.2, 0) is 9.84 Å². The number of hydrogen-bond acceptors (Lipinski definition) is 4. The van der Waals surface area contributed by atoms with Crippen LogP contribution in [0.4, 0.5) is 11.4 Å². The summed E-state index contributed by atoms with van der Waals surface area (Å²) in [5.74, 6) is 0.142. The Morgan fingerprint density at radius 1 is 1.21 bits per heavy atom. The molecule has 0 saturated carbocycles. The molecule has 0 saturated heterocycles.